The number of nitrogens with one attached hydrogen (secondary N) is 1. The van der Waals surface area contributed by atoms with Gasteiger partial charge in [-0.3, -0.25) is 4.79 Å². The Morgan fingerprint density at radius 3 is 2.26 bits per heavy atom. The van der Waals surface area contributed by atoms with Gasteiger partial charge in [0, 0.05) is 11.3 Å². The fourth-order valence-corrected chi connectivity index (χ4v) is 2.62. The highest BCUT2D eigenvalue weighted by Crippen LogP contribution is 2.27. The van der Waals surface area contributed by atoms with Crippen molar-refractivity contribution < 1.29 is 19.4 Å². The lowest BCUT2D eigenvalue weighted by atomic mass is 10.0. The van der Waals surface area contributed by atoms with Crippen LogP contribution in [-0.2, 0) is 9.53 Å². The molecule has 0 saturated heterocycles. The molecule has 0 fully saturated rings. The first-order valence-electron chi connectivity index (χ1n) is 8.50. The van der Waals surface area contributed by atoms with Crippen LogP contribution in [0.3, 0.4) is 0 Å². The Morgan fingerprint density at radius 2 is 1.52 bits per heavy atom. The quantitative estimate of drug-likeness (QED) is 0.667. The fourth-order valence-electron chi connectivity index (χ4n) is 2.62. The van der Waals surface area contributed by atoms with Gasteiger partial charge in [0.25, 0.3) is 5.91 Å². The van der Waals surface area contributed by atoms with Crippen molar-refractivity contribution in [2.75, 3.05) is 5.32 Å². The standard InChI is InChI=1S/C22H19NO4/c1-15(27-22(26)18-12-6-8-14-20(18)24)21(25)23-19-13-7-5-11-17(19)16-9-3-2-4-10-16/h2-15,24H,1H3,(H,23,25)/t15-/m1/s1. The molecule has 0 heterocycles. The number of carbonyl (C=O) groups is 2. The van der Waals surface area contributed by atoms with Gasteiger partial charge in [-0.05, 0) is 30.7 Å². The molecule has 0 aliphatic rings. The number of phenolic OH excluding ortho intramolecular Hbond substituents is 1. The molecule has 0 saturated carbocycles. The monoisotopic (exact) mass is 361 g/mol. The third-order valence-electron chi connectivity index (χ3n) is 4.05. The Labute approximate surface area is 157 Å². The van der Waals surface area contributed by atoms with E-state index in [9.17, 15) is 14.7 Å². The Morgan fingerprint density at radius 1 is 0.889 bits per heavy atom. The van der Waals surface area contributed by atoms with Crippen molar-refractivity contribution >= 4 is 17.6 Å². The summed E-state index contributed by atoms with van der Waals surface area (Å²) in [7, 11) is 0. The Hall–Kier alpha value is -3.60. The lowest BCUT2D eigenvalue weighted by molar-refractivity contribution is -0.123. The second-order valence-electron chi connectivity index (χ2n) is 5.97. The lowest BCUT2D eigenvalue weighted by Gasteiger charge is -2.16. The molecular weight excluding hydrogens is 342 g/mol. The van der Waals surface area contributed by atoms with E-state index in [0.29, 0.717) is 5.69 Å². The number of rotatable bonds is 5. The van der Waals surface area contributed by atoms with Gasteiger partial charge in [0.2, 0.25) is 0 Å². The van der Waals surface area contributed by atoms with E-state index < -0.39 is 18.0 Å². The maximum Gasteiger partial charge on any atom is 0.342 e. The van der Waals surface area contributed by atoms with Crippen molar-refractivity contribution in [3.63, 3.8) is 0 Å². The molecule has 0 bridgehead atoms. The second kappa shape index (κ2) is 8.19. The maximum absolute atomic E-state index is 12.5. The first-order chi connectivity index (χ1) is 13.1. The zero-order valence-corrected chi connectivity index (χ0v) is 14.8. The van der Waals surface area contributed by atoms with Crippen LogP contribution >= 0.6 is 0 Å². The molecule has 0 aliphatic carbocycles. The van der Waals surface area contributed by atoms with Gasteiger partial charge in [0.05, 0.1) is 0 Å². The normalized spacial score (nSPS) is 11.4. The van der Waals surface area contributed by atoms with Gasteiger partial charge in [-0.15, -0.1) is 0 Å². The van der Waals surface area contributed by atoms with Crippen LogP contribution in [0.5, 0.6) is 5.75 Å². The molecule has 3 rings (SSSR count). The van der Waals surface area contributed by atoms with E-state index in [1.807, 2.05) is 48.5 Å². The van der Waals surface area contributed by atoms with Crippen LogP contribution in [0.1, 0.15) is 17.3 Å². The zero-order valence-electron chi connectivity index (χ0n) is 14.8. The number of benzene rings is 3. The van der Waals surface area contributed by atoms with E-state index in [2.05, 4.69) is 5.32 Å². The molecule has 2 N–H and O–H groups in total. The van der Waals surface area contributed by atoms with Crippen molar-refractivity contribution in [2.45, 2.75) is 13.0 Å². The number of hydrogen-bond donors (Lipinski definition) is 2. The van der Waals surface area contributed by atoms with Gasteiger partial charge in [-0.2, -0.15) is 0 Å². The Bertz CT molecular complexity index is 953. The zero-order chi connectivity index (χ0) is 19.2. The van der Waals surface area contributed by atoms with Crippen molar-refractivity contribution in [1.29, 1.82) is 0 Å². The maximum atomic E-state index is 12.5. The number of carbonyl (C=O) groups excluding carboxylic acids is 2. The molecule has 3 aromatic rings. The average molecular weight is 361 g/mol. The van der Waals surface area contributed by atoms with Crippen molar-refractivity contribution in [3.8, 4) is 16.9 Å². The largest absolute Gasteiger partial charge is 0.507 e. The molecule has 3 aromatic carbocycles. The van der Waals surface area contributed by atoms with E-state index in [1.165, 1.54) is 19.1 Å². The van der Waals surface area contributed by atoms with E-state index in [0.717, 1.165) is 11.1 Å². The number of esters is 1. The Kier molecular flexibility index (Phi) is 5.52. The van der Waals surface area contributed by atoms with Crippen molar-refractivity contribution in [2.24, 2.45) is 0 Å². The molecule has 0 spiro atoms. The number of ether oxygens (including phenoxy) is 1. The molecule has 0 unspecified atom stereocenters. The van der Waals surface area contributed by atoms with Gasteiger partial charge < -0.3 is 15.2 Å². The summed E-state index contributed by atoms with van der Waals surface area (Å²) < 4.78 is 5.19. The number of hydrogen-bond acceptors (Lipinski definition) is 4. The smallest absolute Gasteiger partial charge is 0.342 e. The molecule has 0 aromatic heterocycles. The van der Waals surface area contributed by atoms with Gasteiger partial charge in [0.15, 0.2) is 6.10 Å². The average Bonchev–Trinajstić information content (AvgIpc) is 2.69. The highest BCUT2D eigenvalue weighted by Gasteiger charge is 2.21. The summed E-state index contributed by atoms with van der Waals surface area (Å²) >= 11 is 0. The summed E-state index contributed by atoms with van der Waals surface area (Å²) in [5.41, 5.74) is 2.47. The predicted molar refractivity (Wildman–Crippen MR) is 103 cm³/mol. The van der Waals surface area contributed by atoms with Gasteiger partial charge in [-0.25, -0.2) is 4.79 Å². The molecule has 0 aliphatic heterocycles. The number of para-hydroxylation sites is 2. The fraction of sp³-hybridized carbons (Fsp3) is 0.0909. The first-order valence-corrected chi connectivity index (χ1v) is 8.50. The number of anilines is 1. The summed E-state index contributed by atoms with van der Waals surface area (Å²) in [5.74, 6) is -1.40. The second-order valence-corrected chi connectivity index (χ2v) is 5.97. The summed E-state index contributed by atoms with van der Waals surface area (Å²) in [6.07, 6.45) is -1.03. The minimum absolute atomic E-state index is 0.0156. The van der Waals surface area contributed by atoms with Gasteiger partial charge in [-0.1, -0.05) is 60.7 Å². The third-order valence-corrected chi connectivity index (χ3v) is 4.05. The number of aromatic hydroxyl groups is 1. The molecule has 27 heavy (non-hydrogen) atoms. The Balaban J connectivity index is 1.73. The van der Waals surface area contributed by atoms with Crippen LogP contribution in [0.4, 0.5) is 5.69 Å². The van der Waals surface area contributed by atoms with Crippen LogP contribution in [0, 0.1) is 0 Å². The van der Waals surface area contributed by atoms with Crippen LogP contribution in [0.25, 0.3) is 11.1 Å². The molecule has 1 amide bonds. The minimum Gasteiger partial charge on any atom is -0.507 e. The van der Waals surface area contributed by atoms with Crippen LogP contribution in [0.15, 0.2) is 78.9 Å². The predicted octanol–water partition coefficient (Wildman–Crippen LogP) is 4.24. The van der Waals surface area contributed by atoms with E-state index in [4.69, 9.17) is 4.74 Å². The van der Waals surface area contributed by atoms with Crippen LogP contribution in [-0.4, -0.2) is 23.1 Å². The molecule has 5 heteroatoms. The van der Waals surface area contributed by atoms with E-state index in [-0.39, 0.29) is 11.3 Å². The molecule has 0 radical (unpaired) electrons. The van der Waals surface area contributed by atoms with Crippen molar-refractivity contribution in [1.82, 2.24) is 0 Å². The number of phenols is 1. The van der Waals surface area contributed by atoms with Crippen molar-refractivity contribution in [3.05, 3.63) is 84.4 Å². The highest BCUT2D eigenvalue weighted by molar-refractivity contribution is 6.00. The third kappa shape index (κ3) is 4.33. The lowest BCUT2D eigenvalue weighted by Crippen LogP contribution is -2.30. The molecule has 5 nitrogen and oxygen atoms in total. The molecule has 136 valence electrons. The van der Waals surface area contributed by atoms with Gasteiger partial charge in [0.1, 0.15) is 11.3 Å². The highest BCUT2D eigenvalue weighted by atomic mass is 16.5. The summed E-state index contributed by atoms with van der Waals surface area (Å²) in [5, 5.41) is 12.5. The topological polar surface area (TPSA) is 75.6 Å². The SMILES string of the molecule is C[C@@H](OC(=O)c1ccccc1O)C(=O)Nc1ccccc1-c1ccccc1. The first kappa shape index (κ1) is 18.2. The molecular formula is C22H19NO4. The van der Waals surface area contributed by atoms with E-state index >= 15 is 0 Å². The summed E-state index contributed by atoms with van der Waals surface area (Å²) in [6, 6.07) is 23.1. The van der Waals surface area contributed by atoms with Crippen LogP contribution in [0.2, 0.25) is 0 Å². The number of amides is 1. The van der Waals surface area contributed by atoms with E-state index in [1.54, 1.807) is 18.2 Å². The van der Waals surface area contributed by atoms with Crippen LogP contribution < -0.4 is 5.32 Å². The molecule has 1 atom stereocenters. The summed E-state index contributed by atoms with van der Waals surface area (Å²) in [4.78, 5) is 24.7. The summed E-state index contributed by atoms with van der Waals surface area (Å²) in [6.45, 7) is 1.48. The van der Waals surface area contributed by atoms with Gasteiger partial charge >= 0.3 is 5.97 Å². The minimum atomic E-state index is -1.03.